The molecule has 0 saturated carbocycles. The van der Waals surface area contributed by atoms with Crippen LogP contribution in [-0.4, -0.2) is 17.3 Å². The highest BCUT2D eigenvalue weighted by Gasteiger charge is 2.20. The zero-order chi connectivity index (χ0) is 12.0. The van der Waals surface area contributed by atoms with Crippen LogP contribution in [0.1, 0.15) is 13.3 Å². The number of hydrogen-bond acceptors (Lipinski definition) is 1. The Balaban J connectivity index is 2.91. The van der Waals surface area contributed by atoms with Crippen LogP contribution in [0.2, 0.25) is 0 Å². The van der Waals surface area contributed by atoms with E-state index >= 15 is 0 Å². The summed E-state index contributed by atoms with van der Waals surface area (Å²) in [4.78, 5) is 13.7. The van der Waals surface area contributed by atoms with E-state index in [-0.39, 0.29) is 10.7 Å². The van der Waals surface area contributed by atoms with Crippen LogP contribution >= 0.6 is 15.9 Å². The van der Waals surface area contributed by atoms with E-state index in [1.54, 1.807) is 11.0 Å². The first-order valence-corrected chi connectivity index (χ1v) is 6.23. The molecule has 86 valence electrons. The monoisotopic (exact) mass is 281 g/mol. The van der Waals surface area contributed by atoms with Crippen molar-refractivity contribution in [3.8, 4) is 0 Å². The first-order valence-electron chi connectivity index (χ1n) is 5.32. The molecule has 0 aromatic heterocycles. The van der Waals surface area contributed by atoms with Gasteiger partial charge in [0.05, 0.1) is 4.83 Å². The number of alkyl halides is 1. The van der Waals surface area contributed by atoms with Crippen LogP contribution < -0.4 is 4.90 Å². The lowest BCUT2D eigenvalue weighted by molar-refractivity contribution is -0.117. The van der Waals surface area contributed by atoms with Crippen molar-refractivity contribution in [3.63, 3.8) is 0 Å². The van der Waals surface area contributed by atoms with E-state index in [1.165, 1.54) is 0 Å². The Hall–Kier alpha value is -1.09. The minimum atomic E-state index is -0.132. The maximum atomic E-state index is 12.1. The van der Waals surface area contributed by atoms with Crippen molar-refractivity contribution in [1.29, 1.82) is 0 Å². The predicted octanol–water partition coefficient (Wildman–Crippen LogP) is 3.38. The van der Waals surface area contributed by atoms with Crippen LogP contribution in [0.15, 0.2) is 43.0 Å². The number of rotatable bonds is 5. The number of halogens is 1. The maximum Gasteiger partial charge on any atom is 0.241 e. The minimum Gasteiger partial charge on any atom is -0.308 e. The molecule has 0 radical (unpaired) electrons. The molecule has 0 bridgehead atoms. The molecule has 0 spiro atoms. The van der Waals surface area contributed by atoms with Crippen LogP contribution in [0.25, 0.3) is 0 Å². The third-order valence-electron chi connectivity index (χ3n) is 2.27. The minimum absolute atomic E-state index is 0.0774. The average Bonchev–Trinajstić information content (AvgIpc) is 2.35. The summed E-state index contributed by atoms with van der Waals surface area (Å²) in [5, 5.41) is 0. The topological polar surface area (TPSA) is 20.3 Å². The smallest absolute Gasteiger partial charge is 0.241 e. The Labute approximate surface area is 105 Å². The molecule has 0 heterocycles. The fourth-order valence-corrected chi connectivity index (χ4v) is 1.65. The van der Waals surface area contributed by atoms with Crippen LogP contribution in [0, 0.1) is 0 Å². The van der Waals surface area contributed by atoms with E-state index in [0.29, 0.717) is 6.54 Å². The highest BCUT2D eigenvalue weighted by Crippen LogP contribution is 2.18. The molecule has 1 aromatic carbocycles. The predicted molar refractivity (Wildman–Crippen MR) is 72.0 cm³/mol. The first kappa shape index (κ1) is 13.0. The molecule has 1 rings (SSSR count). The van der Waals surface area contributed by atoms with E-state index in [9.17, 15) is 4.79 Å². The standard InChI is InChI=1S/C13H16BrNO/c1-3-10-15(13(16)12(14)4-2)11-8-6-5-7-9-11/h3,5-9,12H,1,4,10H2,2H3/t12-/m1/s1. The molecule has 3 heteroatoms. The third kappa shape index (κ3) is 3.20. The molecule has 16 heavy (non-hydrogen) atoms. The molecule has 0 fully saturated rings. The van der Waals surface area contributed by atoms with Crippen molar-refractivity contribution in [3.05, 3.63) is 43.0 Å². The second-order valence-electron chi connectivity index (χ2n) is 3.45. The fraction of sp³-hybridized carbons (Fsp3) is 0.308. The summed E-state index contributed by atoms with van der Waals surface area (Å²) < 4.78 is 0. The van der Waals surface area contributed by atoms with Gasteiger partial charge in [-0.25, -0.2) is 0 Å². The molecule has 0 aliphatic heterocycles. The van der Waals surface area contributed by atoms with Crippen molar-refractivity contribution in [2.45, 2.75) is 18.2 Å². The van der Waals surface area contributed by atoms with Crippen LogP contribution in [-0.2, 0) is 4.79 Å². The molecule has 0 aliphatic rings. The molecule has 1 atom stereocenters. The number of benzene rings is 1. The number of carbonyl (C=O) groups excluding carboxylic acids is 1. The van der Waals surface area contributed by atoms with E-state index in [0.717, 1.165) is 12.1 Å². The summed E-state index contributed by atoms with van der Waals surface area (Å²) in [6, 6.07) is 9.64. The van der Waals surface area contributed by atoms with Crippen LogP contribution in [0.5, 0.6) is 0 Å². The van der Waals surface area contributed by atoms with Gasteiger partial charge in [-0.2, -0.15) is 0 Å². The summed E-state index contributed by atoms with van der Waals surface area (Å²) in [6.07, 6.45) is 2.51. The third-order valence-corrected chi connectivity index (χ3v) is 3.31. The highest BCUT2D eigenvalue weighted by molar-refractivity contribution is 9.10. The molecule has 0 unspecified atom stereocenters. The van der Waals surface area contributed by atoms with E-state index in [4.69, 9.17) is 0 Å². The van der Waals surface area contributed by atoms with E-state index in [1.807, 2.05) is 37.3 Å². The Morgan fingerprint density at radius 2 is 2.12 bits per heavy atom. The van der Waals surface area contributed by atoms with Gasteiger partial charge in [-0.1, -0.05) is 47.1 Å². The van der Waals surface area contributed by atoms with Crippen molar-refractivity contribution >= 4 is 27.5 Å². The maximum absolute atomic E-state index is 12.1. The van der Waals surface area contributed by atoms with Gasteiger partial charge in [0.1, 0.15) is 0 Å². The molecule has 1 aromatic rings. The largest absolute Gasteiger partial charge is 0.308 e. The molecular formula is C13H16BrNO. The summed E-state index contributed by atoms with van der Waals surface area (Å²) in [6.45, 7) is 6.20. The van der Waals surface area contributed by atoms with Gasteiger partial charge in [-0.05, 0) is 18.6 Å². The van der Waals surface area contributed by atoms with Gasteiger partial charge in [0.15, 0.2) is 0 Å². The van der Waals surface area contributed by atoms with Gasteiger partial charge >= 0.3 is 0 Å². The second kappa shape index (κ2) is 6.48. The number of amides is 1. The molecule has 0 N–H and O–H groups in total. The number of anilines is 1. The zero-order valence-corrected chi connectivity index (χ0v) is 11.0. The van der Waals surface area contributed by atoms with Crippen molar-refractivity contribution in [2.24, 2.45) is 0 Å². The fourth-order valence-electron chi connectivity index (χ4n) is 1.40. The van der Waals surface area contributed by atoms with Crippen molar-refractivity contribution < 1.29 is 4.79 Å². The zero-order valence-electron chi connectivity index (χ0n) is 9.40. The lowest BCUT2D eigenvalue weighted by Crippen LogP contribution is -2.36. The number of para-hydroxylation sites is 1. The van der Waals surface area contributed by atoms with Gasteiger partial charge in [-0.3, -0.25) is 4.79 Å². The normalized spacial score (nSPS) is 11.9. The second-order valence-corrected chi connectivity index (χ2v) is 4.55. The van der Waals surface area contributed by atoms with E-state index in [2.05, 4.69) is 22.5 Å². The average molecular weight is 282 g/mol. The SMILES string of the molecule is C=CCN(C(=O)[C@H](Br)CC)c1ccccc1. The first-order chi connectivity index (χ1) is 7.70. The van der Waals surface area contributed by atoms with Gasteiger partial charge in [0, 0.05) is 12.2 Å². The van der Waals surface area contributed by atoms with Crippen LogP contribution in [0.4, 0.5) is 5.69 Å². The van der Waals surface area contributed by atoms with Gasteiger partial charge in [0.2, 0.25) is 5.91 Å². The number of hydrogen-bond donors (Lipinski definition) is 0. The Morgan fingerprint density at radius 3 is 2.62 bits per heavy atom. The summed E-state index contributed by atoms with van der Waals surface area (Å²) in [7, 11) is 0. The Bertz CT molecular complexity index is 350. The lowest BCUT2D eigenvalue weighted by Gasteiger charge is -2.23. The van der Waals surface area contributed by atoms with Crippen LogP contribution in [0.3, 0.4) is 0 Å². The van der Waals surface area contributed by atoms with Crippen molar-refractivity contribution in [1.82, 2.24) is 0 Å². The lowest BCUT2D eigenvalue weighted by atomic mass is 10.2. The van der Waals surface area contributed by atoms with Gasteiger partial charge in [-0.15, -0.1) is 6.58 Å². The number of nitrogens with zero attached hydrogens (tertiary/aromatic N) is 1. The molecule has 2 nitrogen and oxygen atoms in total. The molecule has 0 saturated heterocycles. The Kier molecular flexibility index (Phi) is 5.26. The summed E-state index contributed by atoms with van der Waals surface area (Å²) in [5.74, 6) is 0.0774. The number of carbonyl (C=O) groups is 1. The Morgan fingerprint density at radius 1 is 1.50 bits per heavy atom. The summed E-state index contributed by atoms with van der Waals surface area (Å²) >= 11 is 3.38. The quantitative estimate of drug-likeness (QED) is 0.599. The molecular weight excluding hydrogens is 266 g/mol. The molecule has 1 amide bonds. The molecule has 0 aliphatic carbocycles. The van der Waals surface area contributed by atoms with Gasteiger partial charge < -0.3 is 4.90 Å². The van der Waals surface area contributed by atoms with E-state index < -0.39 is 0 Å². The van der Waals surface area contributed by atoms with Crippen molar-refractivity contribution in [2.75, 3.05) is 11.4 Å². The summed E-state index contributed by atoms with van der Waals surface area (Å²) in [5.41, 5.74) is 0.908. The highest BCUT2D eigenvalue weighted by atomic mass is 79.9. The van der Waals surface area contributed by atoms with Gasteiger partial charge in [0.25, 0.3) is 0 Å².